The number of carbonyl (C=O) groups is 1. The monoisotopic (exact) mass is 319 g/mol. The smallest absolute Gasteiger partial charge is 0.259 e. The van der Waals surface area contributed by atoms with E-state index in [1.54, 1.807) is 6.07 Å². The van der Waals surface area contributed by atoms with Gasteiger partial charge in [0.25, 0.3) is 5.91 Å². The van der Waals surface area contributed by atoms with Gasteiger partial charge in [-0.05, 0) is 54.4 Å². The molecule has 98 valence electrons. The number of hydrogen-bond donors (Lipinski definition) is 1. The first-order chi connectivity index (χ1) is 8.97. The van der Waals surface area contributed by atoms with Gasteiger partial charge in [-0.1, -0.05) is 12.1 Å². The predicted octanol–water partition coefficient (Wildman–Crippen LogP) is 3.42. The lowest BCUT2D eigenvalue weighted by molar-refractivity contribution is 0.102. The van der Waals surface area contributed by atoms with Crippen molar-refractivity contribution >= 4 is 27.8 Å². The van der Waals surface area contributed by atoms with Crippen molar-refractivity contribution in [1.29, 1.82) is 0 Å². The molecule has 0 radical (unpaired) electrons. The Morgan fingerprint density at radius 3 is 2.42 bits per heavy atom. The second kappa shape index (κ2) is 5.48. The lowest BCUT2D eigenvalue weighted by atomic mass is 10.1. The predicted molar refractivity (Wildman–Crippen MR) is 78.3 cm³/mol. The maximum atomic E-state index is 12.2. The third-order valence-corrected chi connectivity index (χ3v) is 3.70. The molecule has 0 aliphatic heterocycles. The molecule has 5 heteroatoms. The molecule has 1 N–H and O–H groups in total. The molecule has 2 aromatic rings. The van der Waals surface area contributed by atoms with Crippen molar-refractivity contribution < 1.29 is 4.79 Å². The van der Waals surface area contributed by atoms with Gasteiger partial charge in [0.15, 0.2) is 0 Å². The summed E-state index contributed by atoms with van der Waals surface area (Å²) in [5, 5.41) is 2.72. The Morgan fingerprint density at radius 2 is 1.79 bits per heavy atom. The van der Waals surface area contributed by atoms with E-state index in [9.17, 15) is 4.79 Å². The first kappa shape index (κ1) is 13.7. The number of carbonyl (C=O) groups excluding carboxylic acids is 1. The fourth-order valence-corrected chi connectivity index (χ4v) is 2.22. The summed E-state index contributed by atoms with van der Waals surface area (Å²) in [6, 6.07) is 7.40. The third-order valence-electron chi connectivity index (χ3n) is 2.64. The number of halogens is 1. The molecule has 0 aliphatic rings. The van der Waals surface area contributed by atoms with Gasteiger partial charge in [-0.3, -0.25) is 10.1 Å². The van der Waals surface area contributed by atoms with E-state index in [1.165, 1.54) is 0 Å². The first-order valence-corrected chi connectivity index (χ1v) is 6.65. The zero-order chi connectivity index (χ0) is 14.0. The Morgan fingerprint density at radius 1 is 1.16 bits per heavy atom. The van der Waals surface area contributed by atoms with Gasteiger partial charge in [0.05, 0.1) is 5.56 Å². The summed E-state index contributed by atoms with van der Waals surface area (Å²) in [4.78, 5) is 20.6. The minimum absolute atomic E-state index is 0.222. The molecule has 19 heavy (non-hydrogen) atoms. The highest BCUT2D eigenvalue weighted by Gasteiger charge is 2.12. The molecular formula is C14H14BrN3O. The Balaban J connectivity index is 2.28. The number of aromatic nitrogens is 2. The summed E-state index contributed by atoms with van der Waals surface area (Å²) < 4.78 is 0.789. The highest BCUT2D eigenvalue weighted by atomic mass is 79.9. The molecule has 0 bridgehead atoms. The second-order valence-corrected chi connectivity index (χ2v) is 5.16. The first-order valence-electron chi connectivity index (χ1n) is 5.86. The van der Waals surface area contributed by atoms with Gasteiger partial charge in [0.2, 0.25) is 5.95 Å². The molecule has 1 amide bonds. The molecule has 1 heterocycles. The van der Waals surface area contributed by atoms with Gasteiger partial charge < -0.3 is 0 Å². The highest BCUT2D eigenvalue weighted by Crippen LogP contribution is 2.21. The Hall–Kier alpha value is -1.75. The molecule has 2 rings (SSSR count). The molecule has 0 saturated heterocycles. The van der Waals surface area contributed by atoms with E-state index in [-0.39, 0.29) is 5.91 Å². The zero-order valence-electron chi connectivity index (χ0n) is 11.0. The van der Waals surface area contributed by atoms with Crippen LogP contribution >= 0.6 is 15.9 Å². The quantitative estimate of drug-likeness (QED) is 0.922. The number of nitrogens with one attached hydrogen (secondary N) is 1. The minimum atomic E-state index is -0.222. The van der Waals surface area contributed by atoms with E-state index < -0.39 is 0 Å². The van der Waals surface area contributed by atoms with Gasteiger partial charge in [0.1, 0.15) is 0 Å². The molecule has 4 nitrogen and oxygen atoms in total. The van der Waals surface area contributed by atoms with E-state index in [4.69, 9.17) is 0 Å². The van der Waals surface area contributed by atoms with Crippen molar-refractivity contribution in [3.05, 3.63) is 51.3 Å². The van der Waals surface area contributed by atoms with E-state index >= 15 is 0 Å². The summed E-state index contributed by atoms with van der Waals surface area (Å²) in [6.07, 6.45) is 0. The molecule has 1 aromatic carbocycles. The van der Waals surface area contributed by atoms with E-state index in [1.807, 2.05) is 39.0 Å². The summed E-state index contributed by atoms with van der Waals surface area (Å²) >= 11 is 3.42. The van der Waals surface area contributed by atoms with Gasteiger partial charge >= 0.3 is 0 Å². The summed E-state index contributed by atoms with van der Waals surface area (Å²) in [7, 11) is 0. The fraction of sp³-hybridized carbons (Fsp3) is 0.214. The number of nitrogens with zero attached hydrogens (tertiary/aromatic N) is 2. The minimum Gasteiger partial charge on any atom is -0.290 e. The highest BCUT2D eigenvalue weighted by molar-refractivity contribution is 9.10. The molecular weight excluding hydrogens is 306 g/mol. The number of hydrogen-bond acceptors (Lipinski definition) is 3. The van der Waals surface area contributed by atoms with Crippen molar-refractivity contribution in [3.8, 4) is 0 Å². The van der Waals surface area contributed by atoms with Gasteiger partial charge in [0, 0.05) is 15.9 Å². The molecule has 0 aliphatic carbocycles. The van der Waals surface area contributed by atoms with Crippen LogP contribution < -0.4 is 5.32 Å². The SMILES string of the molecule is Cc1cc(C)nc(NC(=O)c2cccc(C)c2Br)n1. The number of rotatable bonds is 2. The molecule has 0 fully saturated rings. The van der Waals surface area contributed by atoms with Crippen LogP contribution in [0.4, 0.5) is 5.95 Å². The van der Waals surface area contributed by atoms with Gasteiger partial charge in [-0.2, -0.15) is 0 Å². The van der Waals surface area contributed by atoms with Crippen molar-refractivity contribution in [2.45, 2.75) is 20.8 Å². The lowest BCUT2D eigenvalue weighted by Crippen LogP contribution is -2.15. The van der Waals surface area contributed by atoms with Crippen LogP contribution in [0.25, 0.3) is 0 Å². The average Bonchev–Trinajstić information content (AvgIpc) is 2.31. The van der Waals surface area contributed by atoms with Crippen LogP contribution in [-0.2, 0) is 0 Å². The Bertz CT molecular complexity index is 620. The van der Waals surface area contributed by atoms with Crippen LogP contribution in [0, 0.1) is 20.8 Å². The number of amides is 1. The van der Waals surface area contributed by atoms with Crippen molar-refractivity contribution in [3.63, 3.8) is 0 Å². The fourth-order valence-electron chi connectivity index (χ4n) is 1.77. The number of aryl methyl sites for hydroxylation is 3. The van der Waals surface area contributed by atoms with Gasteiger partial charge in [-0.15, -0.1) is 0 Å². The molecule has 0 unspecified atom stereocenters. The third kappa shape index (κ3) is 3.17. The van der Waals surface area contributed by atoms with E-state index in [2.05, 4.69) is 31.2 Å². The van der Waals surface area contributed by atoms with Crippen LogP contribution in [0.1, 0.15) is 27.3 Å². The average molecular weight is 320 g/mol. The molecule has 0 atom stereocenters. The van der Waals surface area contributed by atoms with Crippen molar-refractivity contribution in [2.75, 3.05) is 5.32 Å². The van der Waals surface area contributed by atoms with Crippen LogP contribution in [0.5, 0.6) is 0 Å². The van der Waals surface area contributed by atoms with E-state index in [0.29, 0.717) is 11.5 Å². The van der Waals surface area contributed by atoms with Crippen molar-refractivity contribution in [1.82, 2.24) is 9.97 Å². The van der Waals surface area contributed by atoms with E-state index in [0.717, 1.165) is 21.4 Å². The lowest BCUT2D eigenvalue weighted by Gasteiger charge is -2.08. The summed E-state index contributed by atoms with van der Waals surface area (Å²) in [5.41, 5.74) is 3.23. The van der Waals surface area contributed by atoms with Crippen molar-refractivity contribution in [2.24, 2.45) is 0 Å². The number of benzene rings is 1. The van der Waals surface area contributed by atoms with Crippen LogP contribution in [0.2, 0.25) is 0 Å². The molecule has 0 spiro atoms. The largest absolute Gasteiger partial charge is 0.290 e. The zero-order valence-corrected chi connectivity index (χ0v) is 12.6. The summed E-state index contributed by atoms with van der Waals surface area (Å²) in [6.45, 7) is 5.67. The topological polar surface area (TPSA) is 54.9 Å². The Labute approximate surface area is 120 Å². The second-order valence-electron chi connectivity index (χ2n) is 4.36. The van der Waals surface area contributed by atoms with Crippen LogP contribution in [0.3, 0.4) is 0 Å². The molecule has 1 aromatic heterocycles. The summed E-state index contributed by atoms with van der Waals surface area (Å²) in [5.74, 6) is 0.108. The maximum absolute atomic E-state index is 12.2. The van der Waals surface area contributed by atoms with Crippen LogP contribution in [-0.4, -0.2) is 15.9 Å². The Kier molecular flexibility index (Phi) is 3.95. The number of anilines is 1. The normalized spacial score (nSPS) is 10.3. The van der Waals surface area contributed by atoms with Gasteiger partial charge in [-0.25, -0.2) is 9.97 Å². The molecule has 0 saturated carbocycles. The van der Waals surface area contributed by atoms with Crippen LogP contribution in [0.15, 0.2) is 28.7 Å². The standard InChI is InChI=1S/C14H14BrN3O/c1-8-5-4-6-11(12(8)15)13(19)18-14-16-9(2)7-10(3)17-14/h4-7H,1-3H3,(H,16,17,18,19). The maximum Gasteiger partial charge on any atom is 0.259 e.